The monoisotopic (exact) mass is 449 g/mol. The third-order valence-corrected chi connectivity index (χ3v) is 5.37. The fraction of sp³-hybridized carbons (Fsp3) is 0.167. The Morgan fingerprint density at radius 1 is 1.03 bits per heavy atom. The Bertz CT molecular complexity index is 1500. The molecular weight excluding hydrogens is 429 g/mol. The van der Waals surface area contributed by atoms with Crippen LogP contribution in [0.25, 0.3) is 16.6 Å². The topological polar surface area (TPSA) is 103 Å². The summed E-state index contributed by atoms with van der Waals surface area (Å²) in [6.45, 7) is 2.59. The summed E-state index contributed by atoms with van der Waals surface area (Å²) in [7, 11) is 0. The maximum Gasteiger partial charge on any atom is 0.329 e. The quantitative estimate of drug-likeness (QED) is 0.360. The Morgan fingerprint density at radius 2 is 1.73 bits per heavy atom. The summed E-state index contributed by atoms with van der Waals surface area (Å²) < 4.78 is 21.3. The molecule has 0 atom stereocenters. The SMILES string of the molecule is Cc1cc(C(=O)COC(=O)Cn2c(=O)[nH]c(=O)c3ccccc32)c(C)n1-c1ccc(F)cc1. The molecule has 0 amide bonds. The number of aromatic amines is 1. The van der Waals surface area contributed by atoms with Crippen LogP contribution < -0.4 is 11.2 Å². The van der Waals surface area contributed by atoms with Crippen LogP contribution in [0.15, 0.2) is 64.2 Å². The van der Waals surface area contributed by atoms with Gasteiger partial charge in [0.15, 0.2) is 6.61 Å². The molecule has 0 aliphatic heterocycles. The number of hydrogen-bond donors (Lipinski definition) is 1. The molecule has 0 aliphatic rings. The zero-order valence-electron chi connectivity index (χ0n) is 17.9. The molecule has 0 bridgehead atoms. The molecule has 2 aromatic carbocycles. The van der Waals surface area contributed by atoms with Crippen molar-refractivity contribution in [2.45, 2.75) is 20.4 Å². The number of H-pyrrole nitrogens is 1. The van der Waals surface area contributed by atoms with Gasteiger partial charge in [0, 0.05) is 22.6 Å². The van der Waals surface area contributed by atoms with Gasteiger partial charge in [-0.25, -0.2) is 9.18 Å². The number of esters is 1. The Balaban J connectivity index is 1.50. The lowest BCUT2D eigenvalue weighted by Crippen LogP contribution is -2.33. The second-order valence-corrected chi connectivity index (χ2v) is 7.54. The predicted octanol–water partition coefficient (Wildman–Crippen LogP) is 2.66. The van der Waals surface area contributed by atoms with Crippen molar-refractivity contribution >= 4 is 22.7 Å². The molecule has 1 N–H and O–H groups in total. The molecule has 0 unspecified atom stereocenters. The predicted molar refractivity (Wildman–Crippen MR) is 119 cm³/mol. The lowest BCUT2D eigenvalue weighted by atomic mass is 10.1. The van der Waals surface area contributed by atoms with Gasteiger partial charge in [-0.15, -0.1) is 0 Å². The van der Waals surface area contributed by atoms with Gasteiger partial charge in [-0.3, -0.25) is 23.9 Å². The molecule has 4 rings (SSSR count). The van der Waals surface area contributed by atoms with Crippen LogP contribution in [0.2, 0.25) is 0 Å². The van der Waals surface area contributed by atoms with E-state index in [4.69, 9.17) is 4.74 Å². The number of nitrogens with zero attached hydrogens (tertiary/aromatic N) is 2. The number of aromatic nitrogens is 3. The number of rotatable bonds is 6. The van der Waals surface area contributed by atoms with Gasteiger partial charge in [-0.1, -0.05) is 12.1 Å². The highest BCUT2D eigenvalue weighted by Gasteiger charge is 2.19. The molecule has 8 nitrogen and oxygen atoms in total. The molecule has 2 aromatic heterocycles. The van der Waals surface area contributed by atoms with Crippen LogP contribution >= 0.6 is 0 Å². The first kappa shape index (κ1) is 21.9. The molecule has 0 saturated heterocycles. The van der Waals surface area contributed by atoms with E-state index < -0.39 is 36.2 Å². The number of benzene rings is 2. The van der Waals surface area contributed by atoms with Gasteiger partial charge in [0.05, 0.1) is 10.9 Å². The average molecular weight is 449 g/mol. The van der Waals surface area contributed by atoms with Crippen LogP contribution in [0, 0.1) is 19.7 Å². The number of nitrogens with one attached hydrogen (secondary N) is 1. The summed E-state index contributed by atoms with van der Waals surface area (Å²) in [6, 6.07) is 13.9. The molecule has 2 heterocycles. The highest BCUT2D eigenvalue weighted by molar-refractivity contribution is 5.99. The van der Waals surface area contributed by atoms with Crippen LogP contribution in [-0.4, -0.2) is 32.5 Å². The molecule has 168 valence electrons. The Labute approximate surface area is 186 Å². The van der Waals surface area contributed by atoms with E-state index in [1.807, 2.05) is 6.92 Å². The second-order valence-electron chi connectivity index (χ2n) is 7.54. The van der Waals surface area contributed by atoms with Crippen molar-refractivity contribution in [1.29, 1.82) is 0 Å². The number of aryl methyl sites for hydroxylation is 1. The molecule has 9 heteroatoms. The first-order valence-electron chi connectivity index (χ1n) is 10.1. The molecule has 0 saturated carbocycles. The van der Waals surface area contributed by atoms with E-state index in [1.54, 1.807) is 47.9 Å². The standard InChI is InChI=1S/C24H20FN3O5/c1-14-11-19(15(2)28(14)17-9-7-16(25)8-10-17)21(29)13-33-22(30)12-27-20-6-4-3-5-18(20)23(31)26-24(27)32/h3-11H,12-13H2,1-2H3,(H,26,31,32). The summed E-state index contributed by atoms with van der Waals surface area (Å²) >= 11 is 0. The minimum Gasteiger partial charge on any atom is -0.456 e. The van der Waals surface area contributed by atoms with E-state index in [-0.39, 0.29) is 16.7 Å². The van der Waals surface area contributed by atoms with Crippen molar-refractivity contribution < 1.29 is 18.7 Å². The maximum absolute atomic E-state index is 13.2. The largest absolute Gasteiger partial charge is 0.456 e. The van der Waals surface area contributed by atoms with Crippen molar-refractivity contribution in [3.8, 4) is 5.69 Å². The Hall–Kier alpha value is -4.27. The molecule has 0 radical (unpaired) electrons. The average Bonchev–Trinajstić information content (AvgIpc) is 3.09. The van der Waals surface area contributed by atoms with Crippen LogP contribution in [-0.2, 0) is 16.1 Å². The van der Waals surface area contributed by atoms with Crippen molar-refractivity contribution in [1.82, 2.24) is 14.1 Å². The third-order valence-electron chi connectivity index (χ3n) is 5.37. The highest BCUT2D eigenvalue weighted by atomic mass is 19.1. The van der Waals surface area contributed by atoms with E-state index in [2.05, 4.69) is 4.98 Å². The van der Waals surface area contributed by atoms with Crippen LogP contribution in [0.4, 0.5) is 4.39 Å². The van der Waals surface area contributed by atoms with E-state index in [1.165, 1.54) is 18.2 Å². The zero-order chi connectivity index (χ0) is 23.7. The fourth-order valence-electron chi connectivity index (χ4n) is 3.83. The van der Waals surface area contributed by atoms with E-state index in [0.29, 0.717) is 16.9 Å². The number of fused-ring (bicyclic) bond motifs is 1. The van der Waals surface area contributed by atoms with Gasteiger partial charge in [-0.2, -0.15) is 0 Å². The lowest BCUT2D eigenvalue weighted by Gasteiger charge is -2.10. The van der Waals surface area contributed by atoms with Crippen LogP contribution in [0.3, 0.4) is 0 Å². The zero-order valence-corrected chi connectivity index (χ0v) is 17.9. The summed E-state index contributed by atoms with van der Waals surface area (Å²) in [5, 5.41) is 0.259. The number of halogens is 1. The number of ketones is 1. The first-order chi connectivity index (χ1) is 15.8. The summed E-state index contributed by atoms with van der Waals surface area (Å²) in [5.74, 6) is -1.57. The highest BCUT2D eigenvalue weighted by Crippen LogP contribution is 2.21. The minimum atomic E-state index is -0.796. The summed E-state index contributed by atoms with van der Waals surface area (Å²) in [4.78, 5) is 51.4. The normalized spacial score (nSPS) is 11.0. The lowest BCUT2D eigenvalue weighted by molar-refractivity contribution is -0.143. The van der Waals surface area contributed by atoms with Gasteiger partial charge < -0.3 is 9.30 Å². The van der Waals surface area contributed by atoms with Gasteiger partial charge in [0.1, 0.15) is 12.4 Å². The number of hydrogen-bond acceptors (Lipinski definition) is 5. The van der Waals surface area contributed by atoms with Gasteiger partial charge in [0.25, 0.3) is 5.56 Å². The third kappa shape index (κ3) is 4.25. The molecule has 4 aromatic rings. The number of para-hydroxylation sites is 1. The van der Waals surface area contributed by atoms with Gasteiger partial charge >= 0.3 is 11.7 Å². The molecular formula is C24H20FN3O5. The number of carbonyl (C=O) groups excluding carboxylic acids is 2. The van der Waals surface area contributed by atoms with Crippen molar-refractivity contribution in [2.24, 2.45) is 0 Å². The fourth-order valence-corrected chi connectivity index (χ4v) is 3.83. The molecule has 0 fully saturated rings. The van der Waals surface area contributed by atoms with E-state index in [0.717, 1.165) is 10.3 Å². The Kier molecular flexibility index (Phi) is 5.78. The first-order valence-corrected chi connectivity index (χ1v) is 10.1. The van der Waals surface area contributed by atoms with Crippen LogP contribution in [0.1, 0.15) is 21.7 Å². The molecule has 0 spiro atoms. The smallest absolute Gasteiger partial charge is 0.329 e. The van der Waals surface area contributed by atoms with Gasteiger partial charge in [0.2, 0.25) is 5.78 Å². The van der Waals surface area contributed by atoms with E-state index >= 15 is 0 Å². The molecule has 33 heavy (non-hydrogen) atoms. The van der Waals surface area contributed by atoms with E-state index in [9.17, 15) is 23.6 Å². The van der Waals surface area contributed by atoms with Crippen molar-refractivity contribution in [3.05, 3.63) is 98.2 Å². The second kappa shape index (κ2) is 8.70. The Morgan fingerprint density at radius 3 is 2.45 bits per heavy atom. The molecule has 0 aliphatic carbocycles. The number of ether oxygens (including phenoxy) is 1. The van der Waals surface area contributed by atoms with Crippen molar-refractivity contribution in [2.75, 3.05) is 6.61 Å². The van der Waals surface area contributed by atoms with Gasteiger partial charge in [-0.05, 0) is 56.3 Å². The van der Waals surface area contributed by atoms with Crippen LogP contribution in [0.5, 0.6) is 0 Å². The summed E-state index contributed by atoms with van der Waals surface area (Å²) in [6.07, 6.45) is 0. The number of Topliss-reactive ketones (excluding diaryl/α,β-unsaturated/α-hetero) is 1. The maximum atomic E-state index is 13.2. The number of carbonyl (C=O) groups is 2. The minimum absolute atomic E-state index is 0.259. The van der Waals surface area contributed by atoms with Crippen molar-refractivity contribution in [3.63, 3.8) is 0 Å². The summed E-state index contributed by atoms with van der Waals surface area (Å²) in [5.41, 5.74) is 1.46.